The maximum Gasteiger partial charge on any atom is 0.321 e. The van der Waals surface area contributed by atoms with Crippen molar-refractivity contribution in [2.45, 2.75) is 39.3 Å². The van der Waals surface area contributed by atoms with Gasteiger partial charge in [0.15, 0.2) is 5.78 Å². The molecule has 1 aliphatic heterocycles. The minimum Gasteiger partial charge on any atom is -0.495 e. The summed E-state index contributed by atoms with van der Waals surface area (Å²) in [5.74, 6) is -0.0580. The van der Waals surface area contributed by atoms with Crippen LogP contribution in [-0.2, 0) is 27.3 Å². The number of esters is 1. The third-order valence-electron chi connectivity index (χ3n) is 5.16. The molecule has 160 valence electrons. The fourth-order valence-electron chi connectivity index (χ4n) is 3.78. The zero-order chi connectivity index (χ0) is 21.9. The molecule has 3 rings (SSSR count). The molecule has 1 saturated heterocycles. The van der Waals surface area contributed by atoms with Crippen LogP contribution in [-0.4, -0.2) is 42.5 Å². The van der Waals surface area contributed by atoms with Crippen LogP contribution < -0.4 is 4.74 Å². The maximum atomic E-state index is 13.3. The van der Waals surface area contributed by atoms with Crippen LogP contribution in [0.4, 0.5) is 0 Å². The lowest BCUT2D eigenvalue weighted by molar-refractivity contribution is -0.168. The number of likely N-dealkylation sites (tertiary alicyclic amines) is 1. The quantitative estimate of drug-likeness (QED) is 0.506. The topological polar surface area (TPSA) is 55.8 Å². The first-order chi connectivity index (χ1) is 14.1. The Balaban J connectivity index is 1.91. The van der Waals surface area contributed by atoms with Gasteiger partial charge in [-0.15, -0.1) is 0 Å². The molecule has 0 spiro atoms. The molecular formula is C24H28ClNO4. The maximum absolute atomic E-state index is 13.3. The van der Waals surface area contributed by atoms with E-state index in [1.807, 2.05) is 62.1 Å². The van der Waals surface area contributed by atoms with E-state index in [0.29, 0.717) is 23.9 Å². The molecule has 1 aliphatic rings. The zero-order valence-electron chi connectivity index (χ0n) is 17.9. The number of hydrogen-bond donors (Lipinski definition) is 0. The highest BCUT2D eigenvalue weighted by Gasteiger charge is 2.53. The van der Waals surface area contributed by atoms with E-state index < -0.39 is 17.0 Å². The molecule has 6 heteroatoms. The Morgan fingerprint density at radius 1 is 1.13 bits per heavy atom. The molecule has 0 amide bonds. The van der Waals surface area contributed by atoms with Crippen molar-refractivity contribution in [2.24, 2.45) is 5.41 Å². The van der Waals surface area contributed by atoms with E-state index in [9.17, 15) is 9.59 Å². The number of rotatable bonds is 6. The summed E-state index contributed by atoms with van der Waals surface area (Å²) in [6, 6.07) is 15.3. The minimum atomic E-state index is -1.26. The fourth-order valence-corrected chi connectivity index (χ4v) is 4.06. The molecule has 0 N–H and O–H groups in total. The van der Waals surface area contributed by atoms with Gasteiger partial charge in [0.25, 0.3) is 0 Å². The first-order valence-corrected chi connectivity index (χ1v) is 10.4. The number of benzene rings is 2. The van der Waals surface area contributed by atoms with Crippen LogP contribution in [0.25, 0.3) is 0 Å². The third kappa shape index (κ3) is 5.02. The van der Waals surface area contributed by atoms with Crippen LogP contribution in [0.1, 0.15) is 31.9 Å². The molecule has 2 aromatic rings. The van der Waals surface area contributed by atoms with Gasteiger partial charge in [0.1, 0.15) is 16.8 Å². The van der Waals surface area contributed by atoms with Crippen molar-refractivity contribution in [3.63, 3.8) is 0 Å². The molecule has 0 aliphatic carbocycles. The Kier molecular flexibility index (Phi) is 6.53. The predicted octanol–water partition coefficient (Wildman–Crippen LogP) is 4.30. The number of ether oxygens (including phenoxy) is 2. The first-order valence-electron chi connectivity index (χ1n) is 9.98. The molecule has 0 saturated carbocycles. The van der Waals surface area contributed by atoms with Crippen molar-refractivity contribution in [1.29, 1.82) is 0 Å². The lowest BCUT2D eigenvalue weighted by Crippen LogP contribution is -2.45. The van der Waals surface area contributed by atoms with Crippen molar-refractivity contribution >= 4 is 23.4 Å². The van der Waals surface area contributed by atoms with Crippen molar-refractivity contribution < 1.29 is 19.1 Å². The second kappa shape index (κ2) is 8.78. The molecule has 0 radical (unpaired) electrons. The average molecular weight is 430 g/mol. The van der Waals surface area contributed by atoms with Crippen LogP contribution in [0.15, 0.2) is 48.5 Å². The van der Waals surface area contributed by atoms with Crippen molar-refractivity contribution in [3.05, 3.63) is 64.7 Å². The van der Waals surface area contributed by atoms with Crippen LogP contribution in [0.2, 0.25) is 5.02 Å². The smallest absolute Gasteiger partial charge is 0.321 e. The molecule has 0 aromatic heterocycles. The molecule has 2 aromatic carbocycles. The fraction of sp³-hybridized carbons (Fsp3) is 0.417. The Labute approximate surface area is 182 Å². The largest absolute Gasteiger partial charge is 0.495 e. The molecule has 5 nitrogen and oxygen atoms in total. The summed E-state index contributed by atoms with van der Waals surface area (Å²) in [5.41, 5.74) is -0.0614. The lowest BCUT2D eigenvalue weighted by Gasteiger charge is -2.30. The lowest BCUT2D eigenvalue weighted by atomic mass is 9.79. The summed E-state index contributed by atoms with van der Waals surface area (Å²) in [5, 5.41) is 0.445. The average Bonchev–Trinajstić information content (AvgIpc) is 2.97. The number of ketones is 1. The van der Waals surface area contributed by atoms with Gasteiger partial charge >= 0.3 is 5.97 Å². The van der Waals surface area contributed by atoms with Crippen LogP contribution in [0, 0.1) is 5.41 Å². The highest BCUT2D eigenvalue weighted by Crippen LogP contribution is 2.36. The van der Waals surface area contributed by atoms with E-state index in [1.54, 1.807) is 19.2 Å². The van der Waals surface area contributed by atoms with E-state index in [4.69, 9.17) is 21.1 Å². The summed E-state index contributed by atoms with van der Waals surface area (Å²) >= 11 is 6.28. The Hall–Kier alpha value is -2.37. The highest BCUT2D eigenvalue weighted by atomic mass is 35.5. The molecule has 30 heavy (non-hydrogen) atoms. The number of methoxy groups -OCH3 is 1. The number of hydrogen-bond acceptors (Lipinski definition) is 5. The molecule has 1 atom stereocenters. The van der Waals surface area contributed by atoms with E-state index in [-0.39, 0.29) is 18.7 Å². The summed E-state index contributed by atoms with van der Waals surface area (Å²) in [6.07, 6.45) is 0.232. The van der Waals surface area contributed by atoms with E-state index in [1.165, 1.54) is 0 Å². The molecular weight excluding hydrogens is 402 g/mol. The third-order valence-corrected chi connectivity index (χ3v) is 5.45. The second-order valence-electron chi connectivity index (χ2n) is 8.78. The zero-order valence-corrected chi connectivity index (χ0v) is 18.7. The van der Waals surface area contributed by atoms with E-state index in [2.05, 4.69) is 0 Å². The van der Waals surface area contributed by atoms with Crippen LogP contribution >= 0.6 is 11.6 Å². The van der Waals surface area contributed by atoms with Crippen molar-refractivity contribution in [3.8, 4) is 5.75 Å². The first kappa shape index (κ1) is 22.3. The monoisotopic (exact) mass is 429 g/mol. The standard InChI is InChI=1S/C24H28ClNO4/c1-23(2,3)30-22(28)24(13-18-10-11-20(29-4)19(25)12-18)16-26(15-21(24)27)14-17-8-6-5-7-9-17/h5-12H,13-16H2,1-4H3/t24-/m1/s1. The van der Waals surface area contributed by atoms with Crippen molar-refractivity contribution in [2.75, 3.05) is 20.2 Å². The van der Waals surface area contributed by atoms with Gasteiger partial charge in [-0.05, 0) is 50.5 Å². The number of halogens is 1. The summed E-state index contributed by atoms with van der Waals surface area (Å²) in [4.78, 5) is 28.5. The number of Topliss-reactive ketones (excluding diaryl/α,β-unsaturated/α-hetero) is 1. The van der Waals surface area contributed by atoms with Gasteiger partial charge in [-0.2, -0.15) is 0 Å². The van der Waals surface area contributed by atoms with E-state index in [0.717, 1.165) is 11.1 Å². The summed E-state index contributed by atoms with van der Waals surface area (Å²) in [6.45, 7) is 6.54. The highest BCUT2D eigenvalue weighted by molar-refractivity contribution is 6.32. The summed E-state index contributed by atoms with van der Waals surface area (Å²) < 4.78 is 10.9. The molecule has 1 heterocycles. The van der Waals surface area contributed by atoms with Crippen molar-refractivity contribution in [1.82, 2.24) is 4.90 Å². The van der Waals surface area contributed by atoms with Crippen LogP contribution in [0.5, 0.6) is 5.75 Å². The van der Waals surface area contributed by atoms with Gasteiger partial charge in [-0.1, -0.05) is 48.0 Å². The SMILES string of the molecule is COc1ccc(C[C@@]2(C(=O)OC(C)(C)C)CN(Cc3ccccc3)CC2=O)cc1Cl. The molecule has 0 unspecified atom stereocenters. The van der Waals surface area contributed by atoms with Gasteiger partial charge in [-0.25, -0.2) is 0 Å². The number of nitrogens with zero attached hydrogens (tertiary/aromatic N) is 1. The molecule has 0 bridgehead atoms. The van der Waals surface area contributed by atoms with Gasteiger partial charge in [0, 0.05) is 13.1 Å². The predicted molar refractivity (Wildman–Crippen MR) is 117 cm³/mol. The van der Waals surface area contributed by atoms with Gasteiger partial charge in [0.05, 0.1) is 18.7 Å². The minimum absolute atomic E-state index is 0.125. The Morgan fingerprint density at radius 3 is 2.43 bits per heavy atom. The van der Waals surface area contributed by atoms with Crippen LogP contribution in [0.3, 0.4) is 0 Å². The number of carbonyl (C=O) groups excluding carboxylic acids is 2. The summed E-state index contributed by atoms with van der Waals surface area (Å²) in [7, 11) is 1.55. The normalized spacial score (nSPS) is 19.7. The van der Waals surface area contributed by atoms with Gasteiger partial charge < -0.3 is 9.47 Å². The second-order valence-corrected chi connectivity index (χ2v) is 9.19. The Morgan fingerprint density at radius 2 is 1.83 bits per heavy atom. The molecule has 1 fully saturated rings. The number of carbonyl (C=O) groups is 2. The van der Waals surface area contributed by atoms with E-state index >= 15 is 0 Å². The van der Waals surface area contributed by atoms with Gasteiger partial charge in [0.2, 0.25) is 0 Å². The van der Waals surface area contributed by atoms with Gasteiger partial charge in [-0.3, -0.25) is 14.5 Å². The Bertz CT molecular complexity index is 923.